The molecule has 2 fully saturated rings. The maximum absolute atomic E-state index is 3.89. The lowest BCUT2D eigenvalue weighted by Gasteiger charge is -2.23. The predicted molar refractivity (Wildman–Crippen MR) is 79.7 cm³/mol. The minimum absolute atomic E-state index is 0.595. The molecule has 0 aliphatic heterocycles. The molecule has 0 radical (unpaired) electrons. The second-order valence-electron chi connectivity index (χ2n) is 6.10. The van der Waals surface area contributed by atoms with Crippen molar-refractivity contribution < 1.29 is 0 Å². The van der Waals surface area contributed by atoms with E-state index in [0.717, 1.165) is 24.3 Å². The van der Waals surface area contributed by atoms with E-state index < -0.39 is 0 Å². The van der Waals surface area contributed by atoms with E-state index in [9.17, 15) is 0 Å². The van der Waals surface area contributed by atoms with E-state index in [1.165, 1.54) is 35.7 Å². The number of halogens is 1. The molecule has 0 saturated heterocycles. The molecule has 0 amide bonds. The molecular weight excluding hydrogens is 286 g/mol. The van der Waals surface area contributed by atoms with Crippen LogP contribution in [0.1, 0.15) is 38.2 Å². The minimum atomic E-state index is 0.595. The van der Waals surface area contributed by atoms with Crippen LogP contribution in [0.4, 0.5) is 0 Å². The number of nitrogens with one attached hydrogen (secondary N) is 1. The molecule has 0 spiro atoms. The van der Waals surface area contributed by atoms with E-state index in [2.05, 4.69) is 52.4 Å². The first-order chi connectivity index (χ1) is 8.72. The number of rotatable bonds is 6. The van der Waals surface area contributed by atoms with Crippen LogP contribution in [0.25, 0.3) is 0 Å². The van der Waals surface area contributed by atoms with Crippen LogP contribution in [-0.2, 0) is 6.42 Å². The zero-order chi connectivity index (χ0) is 12.5. The standard InChI is InChI=1S/C16H22BrN/c1-11(10-12-2-8-15(17)9-3-12)18-16(13-4-5-13)14-6-7-14/h2-3,8-9,11,13-14,16,18H,4-7,10H2,1H3. The van der Waals surface area contributed by atoms with Gasteiger partial charge in [-0.05, 0) is 68.6 Å². The Kier molecular flexibility index (Phi) is 3.76. The van der Waals surface area contributed by atoms with Crippen molar-refractivity contribution in [3.05, 3.63) is 34.3 Å². The van der Waals surface area contributed by atoms with E-state index in [0.29, 0.717) is 6.04 Å². The Hall–Kier alpha value is -0.340. The zero-order valence-corrected chi connectivity index (χ0v) is 12.6. The van der Waals surface area contributed by atoms with Crippen LogP contribution in [0.15, 0.2) is 28.7 Å². The quantitative estimate of drug-likeness (QED) is 0.832. The first-order valence-corrected chi connectivity index (χ1v) is 8.02. The van der Waals surface area contributed by atoms with E-state index in [1.54, 1.807) is 0 Å². The van der Waals surface area contributed by atoms with Crippen molar-refractivity contribution in [2.75, 3.05) is 0 Å². The molecule has 2 heteroatoms. The lowest BCUT2D eigenvalue weighted by atomic mass is 10.0. The summed E-state index contributed by atoms with van der Waals surface area (Å²) in [6.07, 6.45) is 6.97. The van der Waals surface area contributed by atoms with Crippen molar-refractivity contribution in [1.82, 2.24) is 5.32 Å². The first-order valence-electron chi connectivity index (χ1n) is 7.23. The molecule has 98 valence electrons. The molecule has 1 aromatic rings. The smallest absolute Gasteiger partial charge is 0.0175 e. The monoisotopic (exact) mass is 307 g/mol. The van der Waals surface area contributed by atoms with Gasteiger partial charge in [-0.15, -0.1) is 0 Å². The van der Waals surface area contributed by atoms with Gasteiger partial charge in [-0.1, -0.05) is 28.1 Å². The van der Waals surface area contributed by atoms with Crippen molar-refractivity contribution in [2.45, 2.75) is 51.1 Å². The molecular formula is C16H22BrN. The van der Waals surface area contributed by atoms with Gasteiger partial charge in [0.1, 0.15) is 0 Å². The third-order valence-electron chi connectivity index (χ3n) is 4.19. The summed E-state index contributed by atoms with van der Waals surface area (Å²) in [7, 11) is 0. The van der Waals surface area contributed by atoms with Gasteiger partial charge in [-0.2, -0.15) is 0 Å². The van der Waals surface area contributed by atoms with Gasteiger partial charge in [-0.3, -0.25) is 0 Å². The lowest BCUT2D eigenvalue weighted by Crippen LogP contribution is -2.40. The fourth-order valence-electron chi connectivity index (χ4n) is 2.93. The molecule has 1 unspecified atom stereocenters. The second kappa shape index (κ2) is 5.34. The summed E-state index contributed by atoms with van der Waals surface area (Å²) in [4.78, 5) is 0. The summed E-state index contributed by atoms with van der Waals surface area (Å²) >= 11 is 3.49. The van der Waals surface area contributed by atoms with Gasteiger partial charge in [0.15, 0.2) is 0 Å². The van der Waals surface area contributed by atoms with Gasteiger partial charge in [-0.25, -0.2) is 0 Å². The number of hydrogen-bond acceptors (Lipinski definition) is 1. The number of benzene rings is 1. The van der Waals surface area contributed by atoms with Gasteiger partial charge < -0.3 is 5.32 Å². The zero-order valence-electron chi connectivity index (χ0n) is 11.0. The highest BCUT2D eigenvalue weighted by atomic mass is 79.9. The molecule has 2 saturated carbocycles. The Labute approximate surface area is 118 Å². The van der Waals surface area contributed by atoms with E-state index >= 15 is 0 Å². The van der Waals surface area contributed by atoms with Crippen molar-refractivity contribution in [3.63, 3.8) is 0 Å². The molecule has 0 bridgehead atoms. The van der Waals surface area contributed by atoms with E-state index in [1.807, 2.05) is 0 Å². The molecule has 18 heavy (non-hydrogen) atoms. The summed E-state index contributed by atoms with van der Waals surface area (Å²) in [5.41, 5.74) is 1.43. The summed E-state index contributed by atoms with van der Waals surface area (Å²) in [5, 5.41) is 3.89. The highest BCUT2D eigenvalue weighted by Gasteiger charge is 2.41. The lowest BCUT2D eigenvalue weighted by molar-refractivity contribution is 0.371. The summed E-state index contributed by atoms with van der Waals surface area (Å²) in [6, 6.07) is 10.1. The summed E-state index contributed by atoms with van der Waals surface area (Å²) in [6.45, 7) is 2.33. The Morgan fingerprint density at radius 1 is 1.11 bits per heavy atom. The van der Waals surface area contributed by atoms with Crippen molar-refractivity contribution in [1.29, 1.82) is 0 Å². The van der Waals surface area contributed by atoms with Crippen LogP contribution in [0.3, 0.4) is 0 Å². The van der Waals surface area contributed by atoms with Crippen molar-refractivity contribution in [2.24, 2.45) is 11.8 Å². The molecule has 2 aliphatic carbocycles. The van der Waals surface area contributed by atoms with Gasteiger partial charge in [0.05, 0.1) is 0 Å². The largest absolute Gasteiger partial charge is 0.311 e. The number of hydrogen-bond donors (Lipinski definition) is 1. The fourth-order valence-corrected chi connectivity index (χ4v) is 3.19. The molecule has 1 aromatic carbocycles. The Bertz CT molecular complexity index is 380. The van der Waals surface area contributed by atoms with Crippen molar-refractivity contribution in [3.8, 4) is 0 Å². The highest BCUT2D eigenvalue weighted by Crippen LogP contribution is 2.44. The van der Waals surface area contributed by atoms with Crippen LogP contribution in [0, 0.1) is 11.8 Å². The Morgan fingerprint density at radius 2 is 1.67 bits per heavy atom. The van der Waals surface area contributed by atoms with Gasteiger partial charge in [0.25, 0.3) is 0 Å². The van der Waals surface area contributed by atoms with Crippen molar-refractivity contribution >= 4 is 15.9 Å². The van der Waals surface area contributed by atoms with Crippen LogP contribution < -0.4 is 5.32 Å². The van der Waals surface area contributed by atoms with Gasteiger partial charge in [0, 0.05) is 16.6 Å². The SMILES string of the molecule is CC(Cc1ccc(Br)cc1)NC(C1CC1)C1CC1. The average Bonchev–Trinajstić information content (AvgIpc) is 3.22. The minimum Gasteiger partial charge on any atom is -0.311 e. The van der Waals surface area contributed by atoms with Gasteiger partial charge in [0.2, 0.25) is 0 Å². The van der Waals surface area contributed by atoms with E-state index in [4.69, 9.17) is 0 Å². The molecule has 1 atom stereocenters. The van der Waals surface area contributed by atoms with Crippen LogP contribution in [-0.4, -0.2) is 12.1 Å². The van der Waals surface area contributed by atoms with Crippen LogP contribution in [0.2, 0.25) is 0 Å². The maximum atomic E-state index is 3.89. The third-order valence-corrected chi connectivity index (χ3v) is 4.72. The molecule has 3 rings (SSSR count). The topological polar surface area (TPSA) is 12.0 Å². The van der Waals surface area contributed by atoms with Crippen LogP contribution in [0.5, 0.6) is 0 Å². The molecule has 2 aliphatic rings. The highest BCUT2D eigenvalue weighted by molar-refractivity contribution is 9.10. The molecule has 1 N–H and O–H groups in total. The first kappa shape index (κ1) is 12.7. The molecule has 0 heterocycles. The van der Waals surface area contributed by atoms with Gasteiger partial charge >= 0.3 is 0 Å². The predicted octanol–water partition coefficient (Wildman–Crippen LogP) is 4.16. The van der Waals surface area contributed by atoms with Crippen LogP contribution >= 0.6 is 15.9 Å². The summed E-state index contributed by atoms with van der Waals surface area (Å²) < 4.78 is 1.17. The molecule has 1 nitrogen and oxygen atoms in total. The normalized spacial score (nSPS) is 21.3. The maximum Gasteiger partial charge on any atom is 0.0175 e. The fraction of sp³-hybridized carbons (Fsp3) is 0.625. The van der Waals surface area contributed by atoms with E-state index in [-0.39, 0.29) is 0 Å². The second-order valence-corrected chi connectivity index (χ2v) is 7.01. The Morgan fingerprint density at radius 3 is 2.17 bits per heavy atom. The third kappa shape index (κ3) is 3.36. The molecule has 0 aromatic heterocycles. The average molecular weight is 308 g/mol. The Balaban J connectivity index is 1.54. The summed E-state index contributed by atoms with van der Waals surface area (Å²) in [5.74, 6) is 1.98.